The third-order valence-electron chi connectivity index (χ3n) is 5.43. The lowest BCUT2D eigenvalue weighted by Gasteiger charge is -2.19. The first-order valence-electron chi connectivity index (χ1n) is 9.83. The Labute approximate surface area is 164 Å². The summed E-state index contributed by atoms with van der Waals surface area (Å²) in [4.78, 5) is 12.3. The van der Waals surface area contributed by atoms with Gasteiger partial charge in [0.05, 0.1) is 11.0 Å². The number of nitrogens with zero attached hydrogens (tertiary/aromatic N) is 2. The second kappa shape index (κ2) is 8.00. The van der Waals surface area contributed by atoms with Crippen LogP contribution in [0.15, 0.2) is 53.5 Å². The van der Waals surface area contributed by atoms with E-state index in [0.717, 1.165) is 67.2 Å². The van der Waals surface area contributed by atoms with Gasteiger partial charge >= 0.3 is 0 Å². The first kappa shape index (κ1) is 18.5. The van der Waals surface area contributed by atoms with Crippen LogP contribution in [0.3, 0.4) is 0 Å². The summed E-state index contributed by atoms with van der Waals surface area (Å²) in [5.41, 5.74) is 3.19. The molecule has 0 unspecified atom stereocenters. The molecule has 6 heteroatoms. The zero-order valence-corrected chi connectivity index (χ0v) is 16.1. The van der Waals surface area contributed by atoms with Crippen molar-refractivity contribution in [2.45, 2.75) is 31.1 Å². The number of aromatic nitrogens is 2. The summed E-state index contributed by atoms with van der Waals surface area (Å²) < 4.78 is 13.5. The number of rotatable bonds is 7. The fourth-order valence-electron chi connectivity index (χ4n) is 3.60. The fourth-order valence-corrected chi connectivity index (χ4v) is 3.60. The van der Waals surface area contributed by atoms with Crippen LogP contribution in [0.25, 0.3) is 11.0 Å². The van der Waals surface area contributed by atoms with E-state index in [4.69, 9.17) is 0 Å². The number of imidazole rings is 1. The molecule has 146 valence electrons. The lowest BCUT2D eigenvalue weighted by molar-refractivity contribution is 0.606. The standard InChI is InChI=1S/C22H26FN5/c1-24-21(26-15-22(11-12-22)16-6-4-7-17(23)14-16)25-13-5-10-20-27-18-8-2-3-9-19(18)28-20/h2-4,6-9,14H,5,10-13,15H2,1H3,(H,27,28)(H2,24,25,26). The van der Waals surface area contributed by atoms with Crippen molar-refractivity contribution >= 4 is 17.0 Å². The van der Waals surface area contributed by atoms with Gasteiger partial charge in [-0.1, -0.05) is 24.3 Å². The molecule has 0 aliphatic heterocycles. The Morgan fingerprint density at radius 1 is 1.18 bits per heavy atom. The van der Waals surface area contributed by atoms with Crippen LogP contribution in [0.5, 0.6) is 0 Å². The molecular weight excluding hydrogens is 353 g/mol. The molecule has 0 saturated heterocycles. The number of fused-ring (bicyclic) bond motifs is 1. The van der Waals surface area contributed by atoms with Gasteiger partial charge in [0.25, 0.3) is 0 Å². The number of para-hydroxylation sites is 2. The lowest BCUT2D eigenvalue weighted by Crippen LogP contribution is -2.41. The minimum absolute atomic E-state index is 0.0357. The minimum Gasteiger partial charge on any atom is -0.356 e. The monoisotopic (exact) mass is 379 g/mol. The van der Waals surface area contributed by atoms with E-state index in [1.54, 1.807) is 19.2 Å². The average Bonchev–Trinajstić information content (AvgIpc) is 3.39. The first-order chi connectivity index (χ1) is 13.7. The van der Waals surface area contributed by atoms with Crippen molar-refractivity contribution in [2.24, 2.45) is 4.99 Å². The molecule has 0 bridgehead atoms. The van der Waals surface area contributed by atoms with Crippen molar-refractivity contribution < 1.29 is 4.39 Å². The minimum atomic E-state index is -0.170. The number of hydrogen-bond donors (Lipinski definition) is 3. The number of hydrogen-bond acceptors (Lipinski definition) is 2. The molecular formula is C22H26FN5. The van der Waals surface area contributed by atoms with Crippen LogP contribution in [-0.4, -0.2) is 36.1 Å². The Hall–Kier alpha value is -2.89. The van der Waals surface area contributed by atoms with E-state index in [9.17, 15) is 4.39 Å². The molecule has 1 fully saturated rings. The molecule has 1 aliphatic carbocycles. The van der Waals surface area contributed by atoms with Crippen LogP contribution in [0.1, 0.15) is 30.7 Å². The van der Waals surface area contributed by atoms with E-state index < -0.39 is 0 Å². The second-order valence-corrected chi connectivity index (χ2v) is 7.45. The van der Waals surface area contributed by atoms with Crippen LogP contribution >= 0.6 is 0 Å². The summed E-state index contributed by atoms with van der Waals surface area (Å²) in [6.07, 6.45) is 3.99. The molecule has 0 amide bonds. The van der Waals surface area contributed by atoms with Gasteiger partial charge in [-0.2, -0.15) is 0 Å². The topological polar surface area (TPSA) is 65.1 Å². The molecule has 5 nitrogen and oxygen atoms in total. The highest BCUT2D eigenvalue weighted by Crippen LogP contribution is 2.47. The van der Waals surface area contributed by atoms with E-state index >= 15 is 0 Å². The van der Waals surface area contributed by atoms with E-state index in [1.165, 1.54) is 6.07 Å². The van der Waals surface area contributed by atoms with Crippen LogP contribution in [0, 0.1) is 5.82 Å². The largest absolute Gasteiger partial charge is 0.356 e. The van der Waals surface area contributed by atoms with Crippen molar-refractivity contribution in [2.75, 3.05) is 20.1 Å². The van der Waals surface area contributed by atoms with E-state index in [-0.39, 0.29) is 11.2 Å². The molecule has 28 heavy (non-hydrogen) atoms. The summed E-state index contributed by atoms with van der Waals surface area (Å²) in [6.45, 7) is 1.57. The number of halogens is 1. The Morgan fingerprint density at radius 2 is 2.04 bits per heavy atom. The van der Waals surface area contributed by atoms with Crippen LogP contribution < -0.4 is 10.6 Å². The van der Waals surface area contributed by atoms with Crippen LogP contribution in [0.4, 0.5) is 4.39 Å². The Bertz CT molecular complexity index is 941. The van der Waals surface area contributed by atoms with Gasteiger partial charge in [-0.15, -0.1) is 0 Å². The normalized spacial score (nSPS) is 15.6. The molecule has 1 heterocycles. The van der Waals surface area contributed by atoms with Gasteiger partial charge in [0.1, 0.15) is 11.6 Å². The number of nitrogens with one attached hydrogen (secondary N) is 3. The number of guanidine groups is 1. The maximum Gasteiger partial charge on any atom is 0.191 e. The SMILES string of the molecule is CN=C(NCCCc1nc2ccccc2[nH]1)NCC1(c2cccc(F)c2)CC1. The van der Waals surface area contributed by atoms with E-state index in [1.807, 2.05) is 30.3 Å². The third kappa shape index (κ3) is 4.16. The molecule has 3 N–H and O–H groups in total. The van der Waals surface area contributed by atoms with Gasteiger partial charge in [0.2, 0.25) is 0 Å². The van der Waals surface area contributed by atoms with Crippen molar-refractivity contribution in [3.63, 3.8) is 0 Å². The third-order valence-corrected chi connectivity index (χ3v) is 5.43. The summed E-state index contributed by atoms with van der Waals surface area (Å²) in [5, 5.41) is 6.76. The quantitative estimate of drug-likeness (QED) is 0.334. The molecule has 2 aromatic carbocycles. The Morgan fingerprint density at radius 3 is 2.79 bits per heavy atom. The molecule has 1 aromatic heterocycles. The van der Waals surface area contributed by atoms with Crippen molar-refractivity contribution in [3.05, 3.63) is 65.7 Å². The summed E-state index contributed by atoms with van der Waals surface area (Å²) in [6, 6.07) is 15.0. The highest BCUT2D eigenvalue weighted by molar-refractivity contribution is 5.79. The van der Waals surface area contributed by atoms with Gasteiger partial charge in [-0.05, 0) is 49.1 Å². The molecule has 0 radical (unpaired) electrons. The summed E-state index contributed by atoms with van der Waals surface area (Å²) in [5.74, 6) is 1.62. The van der Waals surface area contributed by atoms with Gasteiger partial charge in [-0.3, -0.25) is 4.99 Å². The average molecular weight is 379 g/mol. The van der Waals surface area contributed by atoms with Crippen LogP contribution in [-0.2, 0) is 11.8 Å². The van der Waals surface area contributed by atoms with E-state index in [0.29, 0.717) is 0 Å². The zero-order chi connectivity index (χ0) is 19.4. The maximum atomic E-state index is 13.5. The number of aliphatic imine (C=N–C) groups is 1. The number of aromatic amines is 1. The lowest BCUT2D eigenvalue weighted by atomic mass is 9.96. The predicted molar refractivity (Wildman–Crippen MR) is 111 cm³/mol. The molecule has 4 rings (SSSR count). The highest BCUT2D eigenvalue weighted by atomic mass is 19.1. The Kier molecular flexibility index (Phi) is 5.28. The first-order valence-corrected chi connectivity index (χ1v) is 9.83. The molecule has 0 spiro atoms. The number of H-pyrrole nitrogens is 1. The predicted octanol–water partition coefficient (Wildman–Crippen LogP) is 3.53. The van der Waals surface area contributed by atoms with Crippen LogP contribution in [0.2, 0.25) is 0 Å². The van der Waals surface area contributed by atoms with Gasteiger partial charge in [-0.25, -0.2) is 9.37 Å². The number of aryl methyl sites for hydroxylation is 1. The molecule has 1 aliphatic rings. The van der Waals surface area contributed by atoms with Gasteiger partial charge < -0.3 is 15.6 Å². The highest BCUT2D eigenvalue weighted by Gasteiger charge is 2.44. The van der Waals surface area contributed by atoms with Crippen molar-refractivity contribution in [3.8, 4) is 0 Å². The Balaban J connectivity index is 1.24. The molecule has 3 aromatic rings. The van der Waals surface area contributed by atoms with Crippen molar-refractivity contribution in [1.82, 2.24) is 20.6 Å². The summed E-state index contributed by atoms with van der Waals surface area (Å²) >= 11 is 0. The summed E-state index contributed by atoms with van der Waals surface area (Å²) in [7, 11) is 1.77. The smallest absolute Gasteiger partial charge is 0.191 e. The number of benzene rings is 2. The molecule has 0 atom stereocenters. The van der Waals surface area contributed by atoms with Crippen molar-refractivity contribution in [1.29, 1.82) is 0 Å². The van der Waals surface area contributed by atoms with Gasteiger partial charge in [0.15, 0.2) is 5.96 Å². The zero-order valence-electron chi connectivity index (χ0n) is 16.1. The van der Waals surface area contributed by atoms with E-state index in [2.05, 4.69) is 25.6 Å². The fraction of sp³-hybridized carbons (Fsp3) is 0.364. The van der Waals surface area contributed by atoms with Gasteiger partial charge in [0, 0.05) is 32.0 Å². The molecule has 1 saturated carbocycles. The second-order valence-electron chi connectivity index (χ2n) is 7.45. The maximum absolute atomic E-state index is 13.5.